The van der Waals surface area contributed by atoms with Gasteiger partial charge in [0.05, 0.1) is 19.9 Å². The van der Waals surface area contributed by atoms with Gasteiger partial charge in [0.2, 0.25) is 5.91 Å². The van der Waals surface area contributed by atoms with Crippen LogP contribution in [0.1, 0.15) is 24.8 Å². The monoisotopic (exact) mass is 373 g/mol. The molecule has 1 saturated heterocycles. The number of ether oxygens (including phenoxy) is 2. The number of nitrogens with zero attached hydrogens (tertiary/aromatic N) is 3. The molecule has 1 aromatic carbocycles. The van der Waals surface area contributed by atoms with Crippen LogP contribution in [-0.2, 0) is 23.9 Å². The van der Waals surface area contributed by atoms with E-state index < -0.39 is 24.0 Å². The van der Waals surface area contributed by atoms with Crippen LogP contribution in [0.5, 0.6) is 0 Å². The first-order valence-electron chi connectivity index (χ1n) is 8.86. The van der Waals surface area contributed by atoms with Crippen LogP contribution in [0.4, 0.5) is 5.69 Å². The smallest absolute Gasteiger partial charge is 0.354 e. The number of rotatable bonds is 4. The topological polar surface area (TPSA) is 88.5 Å². The summed E-state index contributed by atoms with van der Waals surface area (Å²) in [7, 11) is 2.60. The number of likely N-dealkylation sites (tertiary alicyclic amines) is 1. The molecule has 27 heavy (non-hydrogen) atoms. The zero-order chi connectivity index (χ0) is 19.6. The predicted molar refractivity (Wildman–Crippen MR) is 98.3 cm³/mol. The molecule has 1 fully saturated rings. The summed E-state index contributed by atoms with van der Waals surface area (Å²) in [6, 6.07) is 6.23. The molecule has 8 nitrogen and oxygen atoms in total. The highest BCUT2D eigenvalue weighted by molar-refractivity contribution is 6.38. The van der Waals surface area contributed by atoms with Crippen LogP contribution in [0.2, 0.25) is 0 Å². The third-order valence-corrected chi connectivity index (χ3v) is 4.92. The van der Waals surface area contributed by atoms with Crippen molar-refractivity contribution in [2.24, 2.45) is 5.10 Å². The predicted octanol–water partition coefficient (Wildman–Crippen LogP) is 1.27. The summed E-state index contributed by atoms with van der Waals surface area (Å²) in [5.41, 5.74) is 1.96. The van der Waals surface area contributed by atoms with E-state index in [2.05, 4.69) is 5.10 Å². The van der Waals surface area contributed by atoms with E-state index in [1.807, 2.05) is 31.2 Å². The molecule has 2 heterocycles. The fourth-order valence-corrected chi connectivity index (χ4v) is 3.48. The number of amides is 1. The number of anilines is 1. The molecule has 0 spiro atoms. The average molecular weight is 373 g/mol. The standard InChI is InChI=1S/C19H23N3O5/c1-12-6-8-13(9-7-12)22-16(11-14(20-22)18(24)26-2)17(23)21-10-4-5-15(21)19(25)27-3/h6-9,15-16H,4-5,10-11H2,1-3H3/t15-,16+/m0/s1. The summed E-state index contributed by atoms with van der Waals surface area (Å²) in [4.78, 5) is 38.8. The molecule has 0 aromatic heterocycles. The molecule has 3 rings (SSSR count). The number of benzene rings is 1. The van der Waals surface area contributed by atoms with Crippen molar-refractivity contribution in [3.63, 3.8) is 0 Å². The van der Waals surface area contributed by atoms with E-state index in [1.165, 1.54) is 19.1 Å². The minimum Gasteiger partial charge on any atom is -0.467 e. The highest BCUT2D eigenvalue weighted by atomic mass is 16.5. The first kappa shape index (κ1) is 18.9. The molecule has 8 heteroatoms. The number of carbonyl (C=O) groups excluding carboxylic acids is 3. The van der Waals surface area contributed by atoms with Crippen LogP contribution in [0.15, 0.2) is 29.4 Å². The molecule has 2 aliphatic heterocycles. The Bertz CT molecular complexity index is 774. The Morgan fingerprint density at radius 1 is 1.07 bits per heavy atom. The third kappa shape index (κ3) is 3.65. The van der Waals surface area contributed by atoms with Crippen LogP contribution >= 0.6 is 0 Å². The van der Waals surface area contributed by atoms with E-state index in [4.69, 9.17) is 9.47 Å². The number of aryl methyl sites for hydroxylation is 1. The molecule has 0 saturated carbocycles. The first-order valence-corrected chi connectivity index (χ1v) is 8.86. The molecule has 144 valence electrons. The van der Waals surface area contributed by atoms with Gasteiger partial charge >= 0.3 is 11.9 Å². The van der Waals surface area contributed by atoms with Gasteiger partial charge in [-0.1, -0.05) is 17.7 Å². The number of hydrazone groups is 1. The molecule has 0 N–H and O–H groups in total. The highest BCUT2D eigenvalue weighted by Gasteiger charge is 2.43. The Hall–Kier alpha value is -2.90. The second kappa shape index (κ2) is 7.77. The fraction of sp³-hybridized carbons (Fsp3) is 0.474. The highest BCUT2D eigenvalue weighted by Crippen LogP contribution is 2.29. The zero-order valence-corrected chi connectivity index (χ0v) is 15.7. The minimum absolute atomic E-state index is 0.129. The Kier molecular flexibility index (Phi) is 5.43. The van der Waals surface area contributed by atoms with Gasteiger partial charge in [-0.25, -0.2) is 9.59 Å². The lowest BCUT2D eigenvalue weighted by molar-refractivity contribution is -0.151. The van der Waals surface area contributed by atoms with Crippen molar-refractivity contribution in [2.45, 2.75) is 38.3 Å². The van der Waals surface area contributed by atoms with Crippen molar-refractivity contribution in [3.8, 4) is 0 Å². The Balaban J connectivity index is 1.89. The van der Waals surface area contributed by atoms with E-state index in [9.17, 15) is 14.4 Å². The molecule has 2 atom stereocenters. The number of hydrogen-bond acceptors (Lipinski definition) is 7. The van der Waals surface area contributed by atoms with Crippen molar-refractivity contribution in [1.82, 2.24) is 4.90 Å². The van der Waals surface area contributed by atoms with E-state index in [0.717, 1.165) is 12.0 Å². The van der Waals surface area contributed by atoms with Crippen LogP contribution in [0, 0.1) is 6.92 Å². The molecule has 0 aliphatic carbocycles. The van der Waals surface area contributed by atoms with Gasteiger partial charge in [0.1, 0.15) is 17.8 Å². The van der Waals surface area contributed by atoms with Crippen molar-refractivity contribution >= 4 is 29.2 Å². The quantitative estimate of drug-likeness (QED) is 0.739. The van der Waals surface area contributed by atoms with Gasteiger partial charge in [-0.2, -0.15) is 5.10 Å². The molecule has 1 aromatic rings. The number of carbonyl (C=O) groups is 3. The molecule has 0 bridgehead atoms. The number of methoxy groups -OCH3 is 2. The molecule has 1 amide bonds. The van der Waals surface area contributed by atoms with Crippen LogP contribution in [0.3, 0.4) is 0 Å². The minimum atomic E-state index is -0.702. The third-order valence-electron chi connectivity index (χ3n) is 4.92. The lowest BCUT2D eigenvalue weighted by atomic mass is 10.1. The Morgan fingerprint density at radius 2 is 1.78 bits per heavy atom. The van der Waals surface area contributed by atoms with E-state index >= 15 is 0 Å². The average Bonchev–Trinajstić information content (AvgIpc) is 3.34. The molecule has 0 unspecified atom stereocenters. The second-order valence-corrected chi connectivity index (χ2v) is 6.65. The van der Waals surface area contributed by atoms with Crippen LogP contribution in [0.25, 0.3) is 0 Å². The van der Waals surface area contributed by atoms with Crippen molar-refractivity contribution in [3.05, 3.63) is 29.8 Å². The summed E-state index contributed by atoms with van der Waals surface area (Å²) in [5.74, 6) is -1.23. The van der Waals surface area contributed by atoms with Gasteiger partial charge in [0.25, 0.3) is 0 Å². The SMILES string of the molecule is COC(=O)C1=NN(c2ccc(C)cc2)[C@@H](C(=O)N2CCC[C@H]2C(=O)OC)C1. The normalized spacial score (nSPS) is 21.8. The lowest BCUT2D eigenvalue weighted by Crippen LogP contribution is -2.49. The van der Waals surface area contributed by atoms with Gasteiger partial charge in [0.15, 0.2) is 0 Å². The van der Waals surface area contributed by atoms with Crippen molar-refractivity contribution in [1.29, 1.82) is 0 Å². The summed E-state index contributed by atoms with van der Waals surface area (Å²) >= 11 is 0. The molecular formula is C19H23N3O5. The number of esters is 2. The van der Waals surface area contributed by atoms with Gasteiger partial charge in [-0.3, -0.25) is 9.80 Å². The molecule has 2 aliphatic rings. The second-order valence-electron chi connectivity index (χ2n) is 6.65. The van der Waals surface area contributed by atoms with Crippen LogP contribution < -0.4 is 5.01 Å². The summed E-state index contributed by atoms with van der Waals surface area (Å²) in [6.07, 6.45) is 1.43. The summed E-state index contributed by atoms with van der Waals surface area (Å²) in [5, 5.41) is 5.88. The number of hydrogen-bond donors (Lipinski definition) is 0. The van der Waals surface area contributed by atoms with Crippen molar-refractivity contribution < 1.29 is 23.9 Å². The maximum Gasteiger partial charge on any atom is 0.354 e. The van der Waals surface area contributed by atoms with Gasteiger partial charge in [-0.05, 0) is 31.9 Å². The Labute approximate surface area is 157 Å². The van der Waals surface area contributed by atoms with E-state index in [0.29, 0.717) is 18.7 Å². The molecular weight excluding hydrogens is 350 g/mol. The maximum absolute atomic E-state index is 13.2. The maximum atomic E-state index is 13.2. The van der Waals surface area contributed by atoms with E-state index in [1.54, 1.807) is 5.01 Å². The largest absolute Gasteiger partial charge is 0.467 e. The summed E-state index contributed by atoms with van der Waals surface area (Å²) in [6.45, 7) is 2.44. The van der Waals surface area contributed by atoms with Crippen LogP contribution in [-0.4, -0.2) is 61.3 Å². The lowest BCUT2D eigenvalue weighted by Gasteiger charge is -2.29. The van der Waals surface area contributed by atoms with Gasteiger partial charge in [0, 0.05) is 13.0 Å². The Morgan fingerprint density at radius 3 is 2.41 bits per heavy atom. The van der Waals surface area contributed by atoms with E-state index in [-0.39, 0.29) is 18.0 Å². The van der Waals surface area contributed by atoms with Crippen molar-refractivity contribution in [2.75, 3.05) is 25.8 Å². The molecule has 0 radical (unpaired) electrons. The van der Waals surface area contributed by atoms with Gasteiger partial charge in [-0.15, -0.1) is 0 Å². The first-order chi connectivity index (χ1) is 13.0. The fourth-order valence-electron chi connectivity index (χ4n) is 3.48. The summed E-state index contributed by atoms with van der Waals surface area (Å²) < 4.78 is 9.60. The zero-order valence-electron chi connectivity index (χ0n) is 15.7. The van der Waals surface area contributed by atoms with Gasteiger partial charge < -0.3 is 14.4 Å².